The highest BCUT2D eigenvalue weighted by Gasteiger charge is 2.38. The molecule has 1 aliphatic rings. The average Bonchev–Trinajstić information content (AvgIpc) is 2.89. The number of aliphatic carboxylic acids is 1. The predicted molar refractivity (Wildman–Crippen MR) is 129 cm³/mol. The number of carboxylic acid groups (broad SMARTS) is 1. The van der Waals surface area contributed by atoms with Gasteiger partial charge in [-0.2, -0.15) is 18.4 Å². The Labute approximate surface area is 212 Å². The fourth-order valence-corrected chi connectivity index (χ4v) is 4.22. The van der Waals surface area contributed by atoms with E-state index in [1.54, 1.807) is 24.3 Å². The van der Waals surface area contributed by atoms with E-state index in [1.807, 2.05) is 24.3 Å². The molecule has 200 valence electrons. The Balaban J connectivity index is 0.000000604. The molecule has 0 bridgehead atoms. The number of sulfonamides is 1. The summed E-state index contributed by atoms with van der Waals surface area (Å²) >= 11 is 0. The van der Waals surface area contributed by atoms with Gasteiger partial charge in [0, 0.05) is 6.42 Å². The third-order valence-corrected chi connectivity index (χ3v) is 6.93. The summed E-state index contributed by atoms with van der Waals surface area (Å²) in [7, 11) is -2.08. The Morgan fingerprint density at radius 3 is 2.08 bits per heavy atom. The lowest BCUT2D eigenvalue weighted by molar-refractivity contribution is -0.192. The number of halogens is 3. The summed E-state index contributed by atoms with van der Waals surface area (Å²) in [5.41, 5.74) is 2.78. The van der Waals surface area contributed by atoms with E-state index in [4.69, 9.17) is 9.90 Å². The Morgan fingerprint density at radius 2 is 1.65 bits per heavy atom. The predicted octanol–water partition coefficient (Wildman–Crippen LogP) is 2.59. The van der Waals surface area contributed by atoms with Gasteiger partial charge < -0.3 is 15.7 Å². The van der Waals surface area contributed by atoms with Gasteiger partial charge in [-0.15, -0.1) is 0 Å². The van der Waals surface area contributed by atoms with Crippen LogP contribution in [0.3, 0.4) is 0 Å². The van der Waals surface area contributed by atoms with Crippen LogP contribution in [0.2, 0.25) is 0 Å². The van der Waals surface area contributed by atoms with Crippen LogP contribution < -0.4 is 15.4 Å². The number of nitriles is 1. The molecule has 2 aromatic carbocycles. The normalized spacial score (nSPS) is 16.5. The lowest BCUT2D eigenvalue weighted by Crippen LogP contribution is -2.49. The number of alkyl halides is 3. The molecule has 2 atom stereocenters. The number of amides is 1. The molecule has 13 heteroatoms. The monoisotopic (exact) mass is 540 g/mol. The number of carbonyl (C=O) groups is 2. The minimum atomic E-state index is -5.08. The van der Waals surface area contributed by atoms with Crippen LogP contribution in [0.1, 0.15) is 24.8 Å². The summed E-state index contributed by atoms with van der Waals surface area (Å²) in [5, 5.41) is 22.6. The molecule has 1 heterocycles. The van der Waals surface area contributed by atoms with E-state index in [0.29, 0.717) is 6.42 Å². The van der Waals surface area contributed by atoms with Crippen molar-refractivity contribution in [2.45, 2.75) is 48.8 Å². The number of carboxylic acids is 1. The molecule has 0 unspecified atom stereocenters. The van der Waals surface area contributed by atoms with Crippen molar-refractivity contribution in [3.05, 3.63) is 54.1 Å². The topological polar surface area (TPSA) is 148 Å². The van der Waals surface area contributed by atoms with Crippen LogP contribution in [0.4, 0.5) is 13.2 Å². The van der Waals surface area contributed by atoms with Crippen LogP contribution in [-0.2, 0) is 26.0 Å². The summed E-state index contributed by atoms with van der Waals surface area (Å²) in [6, 6.07) is 15.7. The maximum absolute atomic E-state index is 12.3. The van der Waals surface area contributed by atoms with Gasteiger partial charge in [0.25, 0.3) is 0 Å². The first-order valence-electron chi connectivity index (χ1n) is 11.2. The van der Waals surface area contributed by atoms with Crippen LogP contribution in [-0.4, -0.2) is 57.3 Å². The maximum atomic E-state index is 12.3. The molecule has 3 rings (SSSR count). The van der Waals surface area contributed by atoms with E-state index in [2.05, 4.69) is 21.4 Å². The second kappa shape index (κ2) is 13.2. The van der Waals surface area contributed by atoms with Crippen molar-refractivity contribution in [2.24, 2.45) is 0 Å². The molecule has 0 spiro atoms. The summed E-state index contributed by atoms with van der Waals surface area (Å²) in [6.45, 7) is 0.832. The number of carbonyl (C=O) groups excluding carboxylic acids is 1. The molecule has 4 N–H and O–H groups in total. The van der Waals surface area contributed by atoms with Gasteiger partial charge in [0.05, 0.1) is 17.0 Å². The highest BCUT2D eigenvalue weighted by Crippen LogP contribution is 2.22. The van der Waals surface area contributed by atoms with Gasteiger partial charge in [0.1, 0.15) is 6.04 Å². The first kappa shape index (κ1) is 29.8. The van der Waals surface area contributed by atoms with Gasteiger partial charge in [-0.3, -0.25) is 4.79 Å². The van der Waals surface area contributed by atoms with E-state index in [0.717, 1.165) is 42.5 Å². The van der Waals surface area contributed by atoms with E-state index >= 15 is 0 Å². The van der Waals surface area contributed by atoms with Gasteiger partial charge in [-0.1, -0.05) is 42.8 Å². The summed E-state index contributed by atoms with van der Waals surface area (Å²) in [4.78, 5) is 21.5. The highest BCUT2D eigenvalue weighted by molar-refractivity contribution is 7.89. The molecule has 0 radical (unpaired) electrons. The standard InChI is InChI=1S/C22H26N4O3S.C2HF3O2/c1-24-30(28,29)20-11-9-18(10-12-20)17-7-5-16(6-8-17)14-19(15-23)26-22(27)21-4-2-3-13-25-21;3-2(4,5)1(6)7/h5-12,19,21,24-25H,2-4,13-14H2,1H3,(H,26,27);(H,6,7)/t19-,21-;/m0./s1. The molecular weight excluding hydrogens is 513 g/mol. The van der Waals surface area contributed by atoms with Gasteiger partial charge in [0.2, 0.25) is 15.9 Å². The molecule has 0 aromatic heterocycles. The number of nitrogens with one attached hydrogen (secondary N) is 3. The third kappa shape index (κ3) is 9.16. The van der Waals surface area contributed by atoms with Gasteiger partial charge >= 0.3 is 12.1 Å². The zero-order chi connectivity index (χ0) is 27.6. The quantitative estimate of drug-likeness (QED) is 0.422. The lowest BCUT2D eigenvalue weighted by Gasteiger charge is -2.23. The SMILES string of the molecule is CNS(=O)(=O)c1ccc(-c2ccc(C[C@@H](C#N)NC(=O)[C@@H]3CCCCN3)cc2)cc1.O=C(O)C(F)(F)F. The van der Waals surface area contributed by atoms with Crippen LogP contribution in [0.15, 0.2) is 53.4 Å². The van der Waals surface area contributed by atoms with E-state index < -0.39 is 28.2 Å². The van der Waals surface area contributed by atoms with Crippen molar-refractivity contribution >= 4 is 21.9 Å². The number of hydrogen-bond donors (Lipinski definition) is 4. The molecule has 37 heavy (non-hydrogen) atoms. The largest absolute Gasteiger partial charge is 0.490 e. The Hall–Kier alpha value is -3.47. The first-order valence-corrected chi connectivity index (χ1v) is 12.7. The van der Waals surface area contributed by atoms with Gasteiger partial charge in [0.15, 0.2) is 0 Å². The Morgan fingerprint density at radius 1 is 1.11 bits per heavy atom. The van der Waals surface area contributed by atoms with E-state index in [9.17, 15) is 31.6 Å². The third-order valence-electron chi connectivity index (χ3n) is 5.50. The van der Waals surface area contributed by atoms with Crippen LogP contribution in [0.25, 0.3) is 11.1 Å². The maximum Gasteiger partial charge on any atom is 0.490 e. The van der Waals surface area contributed by atoms with Gasteiger partial charge in [-0.05, 0) is 55.3 Å². The van der Waals surface area contributed by atoms with Crippen LogP contribution in [0, 0.1) is 11.3 Å². The molecule has 9 nitrogen and oxygen atoms in total. The smallest absolute Gasteiger partial charge is 0.475 e. The fourth-order valence-electron chi connectivity index (χ4n) is 3.49. The summed E-state index contributed by atoms with van der Waals surface area (Å²) in [5.74, 6) is -2.87. The van der Waals surface area contributed by atoms with Crippen molar-refractivity contribution < 1.29 is 36.3 Å². The molecule has 1 fully saturated rings. The molecule has 1 saturated heterocycles. The van der Waals surface area contributed by atoms with E-state index in [1.165, 1.54) is 7.05 Å². The Kier molecular flexibility index (Phi) is 10.6. The minimum Gasteiger partial charge on any atom is -0.475 e. The molecule has 0 saturated carbocycles. The molecule has 1 aliphatic heterocycles. The fraction of sp³-hybridized carbons (Fsp3) is 0.375. The zero-order valence-corrected chi connectivity index (χ0v) is 20.7. The number of benzene rings is 2. The Bertz CT molecular complexity index is 1200. The first-order chi connectivity index (χ1) is 17.4. The van der Waals surface area contributed by atoms with Crippen molar-refractivity contribution in [1.82, 2.24) is 15.4 Å². The summed E-state index contributed by atoms with van der Waals surface area (Å²) in [6.07, 6.45) is -1.76. The van der Waals surface area contributed by atoms with Crippen LogP contribution >= 0.6 is 0 Å². The molecule has 0 aliphatic carbocycles. The number of nitrogens with zero attached hydrogens (tertiary/aromatic N) is 1. The average molecular weight is 541 g/mol. The van der Waals surface area contributed by atoms with Gasteiger partial charge in [-0.25, -0.2) is 17.9 Å². The highest BCUT2D eigenvalue weighted by atomic mass is 32.2. The molecule has 2 aromatic rings. The van der Waals surface area contributed by atoms with Crippen LogP contribution in [0.5, 0.6) is 0 Å². The second-order valence-corrected chi connectivity index (χ2v) is 10.0. The number of hydrogen-bond acceptors (Lipinski definition) is 6. The van der Waals surface area contributed by atoms with Crippen molar-refractivity contribution in [2.75, 3.05) is 13.6 Å². The van der Waals surface area contributed by atoms with Crippen molar-refractivity contribution in [3.8, 4) is 17.2 Å². The zero-order valence-electron chi connectivity index (χ0n) is 19.9. The molecular formula is C24H27F3N4O5S. The van der Waals surface area contributed by atoms with Crippen molar-refractivity contribution in [1.29, 1.82) is 5.26 Å². The number of piperidine rings is 1. The van der Waals surface area contributed by atoms with Crippen molar-refractivity contribution in [3.63, 3.8) is 0 Å². The number of rotatable bonds is 7. The second-order valence-electron chi connectivity index (χ2n) is 8.13. The van der Waals surface area contributed by atoms with E-state index in [-0.39, 0.29) is 16.8 Å². The lowest BCUT2D eigenvalue weighted by atomic mass is 10.00. The molecule has 1 amide bonds. The summed E-state index contributed by atoms with van der Waals surface area (Å²) < 4.78 is 57.7. The minimum absolute atomic E-state index is 0.116.